The third kappa shape index (κ3) is 2.67. The monoisotopic (exact) mass is 230 g/mol. The van der Waals surface area contributed by atoms with Crippen LogP contribution in [0.25, 0.3) is 0 Å². The van der Waals surface area contributed by atoms with E-state index in [1.54, 1.807) is 0 Å². The van der Waals surface area contributed by atoms with Gasteiger partial charge in [0.1, 0.15) is 0 Å². The van der Waals surface area contributed by atoms with E-state index in [0.29, 0.717) is 6.04 Å². The highest BCUT2D eigenvalue weighted by molar-refractivity contribution is 7.99. The lowest BCUT2D eigenvalue weighted by molar-refractivity contribution is 0.0320. The van der Waals surface area contributed by atoms with Crippen molar-refractivity contribution in [1.82, 2.24) is 10.2 Å². The first-order valence-corrected chi connectivity index (χ1v) is 7.15. The van der Waals surface area contributed by atoms with Crippen LogP contribution in [-0.2, 0) is 4.74 Å². The molecule has 0 bridgehead atoms. The summed E-state index contributed by atoms with van der Waals surface area (Å²) in [6.45, 7) is 4.21. The van der Waals surface area contributed by atoms with E-state index in [1.165, 1.54) is 19.4 Å². The van der Waals surface area contributed by atoms with Gasteiger partial charge in [-0.1, -0.05) is 0 Å². The van der Waals surface area contributed by atoms with Crippen LogP contribution < -0.4 is 5.32 Å². The summed E-state index contributed by atoms with van der Waals surface area (Å²) in [6.07, 6.45) is 4.63. The molecule has 2 rings (SSSR count). The fourth-order valence-electron chi connectivity index (χ4n) is 2.65. The van der Waals surface area contributed by atoms with Crippen molar-refractivity contribution >= 4 is 11.8 Å². The lowest BCUT2D eigenvalue weighted by Crippen LogP contribution is -2.47. The highest BCUT2D eigenvalue weighted by Gasteiger charge is 2.33. The summed E-state index contributed by atoms with van der Waals surface area (Å²) in [5.41, 5.74) is 0. The number of hydrogen-bond acceptors (Lipinski definition) is 4. The highest BCUT2D eigenvalue weighted by atomic mass is 32.2. The van der Waals surface area contributed by atoms with Crippen molar-refractivity contribution in [3.8, 4) is 0 Å². The Morgan fingerprint density at radius 1 is 1.27 bits per heavy atom. The number of nitrogens with one attached hydrogen (secondary N) is 1. The minimum atomic E-state index is 0.711. The van der Waals surface area contributed by atoms with Crippen molar-refractivity contribution in [3.05, 3.63) is 0 Å². The minimum Gasteiger partial charge on any atom is -0.381 e. The zero-order valence-electron chi connectivity index (χ0n) is 9.74. The molecule has 0 aromatic heterocycles. The Bertz CT molecular complexity index is 197. The third-order valence-corrected chi connectivity index (χ3v) is 4.81. The largest absolute Gasteiger partial charge is 0.381 e. The van der Waals surface area contributed by atoms with E-state index in [9.17, 15) is 0 Å². The first kappa shape index (κ1) is 11.7. The number of rotatable bonds is 3. The van der Waals surface area contributed by atoms with Crippen LogP contribution in [0.3, 0.4) is 0 Å². The van der Waals surface area contributed by atoms with Crippen molar-refractivity contribution < 1.29 is 4.74 Å². The lowest BCUT2D eigenvalue weighted by atomic mass is 10.0. The molecule has 2 unspecified atom stereocenters. The molecule has 15 heavy (non-hydrogen) atoms. The quantitative estimate of drug-likeness (QED) is 0.775. The molecule has 0 spiro atoms. The van der Waals surface area contributed by atoms with Gasteiger partial charge in [0.05, 0.1) is 0 Å². The van der Waals surface area contributed by atoms with Crippen molar-refractivity contribution in [1.29, 1.82) is 0 Å². The second kappa shape index (κ2) is 5.53. The van der Waals surface area contributed by atoms with E-state index >= 15 is 0 Å². The first-order chi connectivity index (χ1) is 7.33. The van der Waals surface area contributed by atoms with E-state index < -0.39 is 0 Å². The predicted octanol–water partition coefficient (Wildman–Crippen LogP) is 0.801. The van der Waals surface area contributed by atoms with Gasteiger partial charge in [0, 0.05) is 43.6 Å². The molecule has 88 valence electrons. The van der Waals surface area contributed by atoms with Crippen molar-refractivity contribution in [2.75, 3.05) is 39.6 Å². The smallest absolute Gasteiger partial charge is 0.0480 e. The highest BCUT2D eigenvalue weighted by Crippen LogP contribution is 2.23. The summed E-state index contributed by atoms with van der Waals surface area (Å²) in [4.78, 5) is 2.59. The Kier molecular flexibility index (Phi) is 4.31. The Hall–Kier alpha value is 0.230. The Morgan fingerprint density at radius 2 is 2.00 bits per heavy atom. The summed E-state index contributed by atoms with van der Waals surface area (Å²) in [5.74, 6) is 0. The second-order valence-electron chi connectivity index (χ2n) is 4.51. The number of thioether (sulfide) groups is 1. The van der Waals surface area contributed by atoms with E-state index in [4.69, 9.17) is 4.74 Å². The maximum Gasteiger partial charge on any atom is 0.0480 e. The van der Waals surface area contributed by atoms with Gasteiger partial charge in [-0.3, -0.25) is 4.90 Å². The van der Waals surface area contributed by atoms with Gasteiger partial charge < -0.3 is 10.1 Å². The van der Waals surface area contributed by atoms with Crippen LogP contribution in [0.15, 0.2) is 0 Å². The van der Waals surface area contributed by atoms with Gasteiger partial charge in [0.15, 0.2) is 0 Å². The van der Waals surface area contributed by atoms with Crippen LogP contribution in [0.4, 0.5) is 0 Å². The van der Waals surface area contributed by atoms with Crippen LogP contribution >= 0.6 is 11.8 Å². The van der Waals surface area contributed by atoms with E-state index in [1.807, 2.05) is 11.8 Å². The Labute approximate surface area is 96.9 Å². The predicted molar refractivity (Wildman–Crippen MR) is 65.6 cm³/mol. The lowest BCUT2D eigenvalue weighted by Gasteiger charge is -2.37. The first-order valence-electron chi connectivity index (χ1n) is 5.86. The summed E-state index contributed by atoms with van der Waals surface area (Å²) in [6, 6.07) is 1.45. The molecule has 1 N–H and O–H groups in total. The zero-order valence-corrected chi connectivity index (χ0v) is 10.6. The Morgan fingerprint density at radius 3 is 2.67 bits per heavy atom. The summed E-state index contributed by atoms with van der Waals surface area (Å²) in [7, 11) is 2.29. The van der Waals surface area contributed by atoms with E-state index in [0.717, 1.165) is 31.1 Å². The van der Waals surface area contributed by atoms with Crippen LogP contribution in [0, 0.1) is 0 Å². The summed E-state index contributed by atoms with van der Waals surface area (Å²) < 4.78 is 5.42. The second-order valence-corrected chi connectivity index (χ2v) is 5.59. The molecular weight excluding hydrogens is 208 g/mol. The molecule has 0 aromatic rings. The minimum absolute atomic E-state index is 0.711. The normalized spacial score (nSPS) is 33.8. The van der Waals surface area contributed by atoms with Gasteiger partial charge in [-0.2, -0.15) is 11.8 Å². The number of likely N-dealkylation sites (N-methyl/N-ethyl adjacent to an activating group) is 1. The summed E-state index contributed by atoms with van der Waals surface area (Å²) >= 11 is 2.00. The molecule has 0 aromatic carbocycles. The molecule has 0 amide bonds. The summed E-state index contributed by atoms with van der Waals surface area (Å²) in [5, 5.41) is 4.26. The molecule has 2 fully saturated rings. The topological polar surface area (TPSA) is 24.5 Å². The fraction of sp³-hybridized carbons (Fsp3) is 1.00. The molecule has 2 aliphatic rings. The van der Waals surface area contributed by atoms with Gasteiger partial charge in [-0.15, -0.1) is 0 Å². The fourth-order valence-corrected chi connectivity index (χ4v) is 3.54. The molecule has 3 nitrogen and oxygen atoms in total. The average molecular weight is 230 g/mol. The SMILES string of the molecule is CSC1CNCC1N(C)C1CCOCC1. The molecule has 4 heteroatoms. The standard InChI is InChI=1S/C11H22N2OS/c1-13(9-3-5-14-6-4-9)10-7-12-8-11(10)15-2/h9-12H,3-8H2,1-2H3. The third-order valence-electron chi connectivity index (χ3n) is 3.72. The van der Waals surface area contributed by atoms with Gasteiger partial charge in [-0.25, -0.2) is 0 Å². The molecule has 2 saturated heterocycles. The molecule has 0 saturated carbocycles. The maximum absolute atomic E-state index is 5.42. The van der Waals surface area contributed by atoms with Crippen LogP contribution in [0.2, 0.25) is 0 Å². The molecule has 2 aliphatic heterocycles. The molecular formula is C11H22N2OS. The number of nitrogens with zero attached hydrogens (tertiary/aromatic N) is 1. The van der Waals surface area contributed by atoms with Gasteiger partial charge in [-0.05, 0) is 26.1 Å². The molecule has 0 radical (unpaired) electrons. The number of ether oxygens (including phenoxy) is 1. The van der Waals surface area contributed by atoms with Gasteiger partial charge in [0.2, 0.25) is 0 Å². The zero-order chi connectivity index (χ0) is 10.7. The van der Waals surface area contributed by atoms with Crippen molar-refractivity contribution in [2.24, 2.45) is 0 Å². The van der Waals surface area contributed by atoms with Crippen molar-refractivity contribution in [2.45, 2.75) is 30.2 Å². The molecule has 2 heterocycles. The van der Waals surface area contributed by atoms with Gasteiger partial charge >= 0.3 is 0 Å². The van der Waals surface area contributed by atoms with Crippen LogP contribution in [0.1, 0.15) is 12.8 Å². The maximum atomic E-state index is 5.42. The number of hydrogen-bond donors (Lipinski definition) is 1. The van der Waals surface area contributed by atoms with E-state index in [2.05, 4.69) is 23.5 Å². The van der Waals surface area contributed by atoms with Crippen LogP contribution in [0.5, 0.6) is 0 Å². The van der Waals surface area contributed by atoms with E-state index in [-0.39, 0.29) is 0 Å². The molecule has 2 atom stereocenters. The van der Waals surface area contributed by atoms with Gasteiger partial charge in [0.25, 0.3) is 0 Å². The molecule has 0 aliphatic carbocycles. The Balaban J connectivity index is 1.90. The van der Waals surface area contributed by atoms with Crippen LogP contribution in [-0.4, -0.2) is 61.8 Å². The van der Waals surface area contributed by atoms with Crippen molar-refractivity contribution in [3.63, 3.8) is 0 Å². The average Bonchev–Trinajstić information content (AvgIpc) is 2.77.